The number of amides is 1. The fourth-order valence-electron chi connectivity index (χ4n) is 4.43. The van der Waals surface area contributed by atoms with Gasteiger partial charge in [-0.15, -0.1) is 0 Å². The number of imidazole rings is 1. The van der Waals surface area contributed by atoms with E-state index in [-0.39, 0.29) is 16.9 Å². The molecule has 4 aromatic rings. The van der Waals surface area contributed by atoms with E-state index in [0.29, 0.717) is 18.7 Å². The summed E-state index contributed by atoms with van der Waals surface area (Å²) < 4.78 is 2.05. The summed E-state index contributed by atoms with van der Waals surface area (Å²) >= 11 is 0. The number of hydrogen-bond acceptors (Lipinski definition) is 3. The molecular formula is C24H22N4O2. The number of carbonyl (C=O) groups excluding carboxylic acids is 1. The van der Waals surface area contributed by atoms with Gasteiger partial charge in [0, 0.05) is 43.2 Å². The summed E-state index contributed by atoms with van der Waals surface area (Å²) in [6.07, 6.45) is 7.19. The van der Waals surface area contributed by atoms with E-state index < -0.39 is 0 Å². The van der Waals surface area contributed by atoms with E-state index >= 15 is 0 Å². The largest absolute Gasteiger partial charge is 0.339 e. The van der Waals surface area contributed by atoms with Crippen molar-refractivity contribution in [2.24, 2.45) is 0 Å². The van der Waals surface area contributed by atoms with E-state index in [1.807, 2.05) is 35.4 Å². The number of nitrogens with zero attached hydrogens (tertiary/aromatic N) is 3. The minimum Gasteiger partial charge on any atom is -0.339 e. The molecule has 1 N–H and O–H groups in total. The monoisotopic (exact) mass is 398 g/mol. The normalized spacial score (nSPS) is 15.9. The molecule has 1 fully saturated rings. The van der Waals surface area contributed by atoms with Gasteiger partial charge in [0.2, 0.25) is 5.56 Å². The summed E-state index contributed by atoms with van der Waals surface area (Å²) in [5, 5.41) is 0. The second-order valence-corrected chi connectivity index (χ2v) is 7.77. The van der Waals surface area contributed by atoms with E-state index in [1.165, 1.54) is 17.8 Å². The molecule has 1 amide bonds. The van der Waals surface area contributed by atoms with Crippen molar-refractivity contribution in [1.29, 1.82) is 0 Å². The van der Waals surface area contributed by atoms with Crippen LogP contribution in [0.5, 0.6) is 0 Å². The van der Waals surface area contributed by atoms with E-state index in [9.17, 15) is 9.59 Å². The number of H-pyrrole nitrogens is 1. The van der Waals surface area contributed by atoms with Gasteiger partial charge in [-0.2, -0.15) is 0 Å². The Labute approximate surface area is 173 Å². The van der Waals surface area contributed by atoms with Crippen LogP contribution in [0, 0.1) is 0 Å². The molecule has 1 aliphatic rings. The van der Waals surface area contributed by atoms with Gasteiger partial charge in [-0.25, -0.2) is 4.98 Å². The predicted octanol–water partition coefficient (Wildman–Crippen LogP) is 3.24. The van der Waals surface area contributed by atoms with E-state index in [1.54, 1.807) is 6.07 Å². The summed E-state index contributed by atoms with van der Waals surface area (Å²) in [7, 11) is 0. The molecule has 0 radical (unpaired) electrons. The van der Waals surface area contributed by atoms with Crippen molar-refractivity contribution >= 4 is 11.6 Å². The number of hydrogen-bond donors (Lipinski definition) is 1. The molecule has 0 bridgehead atoms. The Morgan fingerprint density at radius 2 is 1.73 bits per heavy atom. The van der Waals surface area contributed by atoms with Crippen LogP contribution in [0.3, 0.4) is 0 Å². The number of pyridine rings is 2. The lowest BCUT2D eigenvalue weighted by Crippen LogP contribution is -2.46. The minimum atomic E-state index is -0.241. The van der Waals surface area contributed by atoms with Crippen molar-refractivity contribution in [1.82, 2.24) is 19.3 Å². The minimum absolute atomic E-state index is 0.0529. The number of fused-ring (bicyclic) bond motifs is 1. The Morgan fingerprint density at radius 1 is 0.967 bits per heavy atom. The smallest absolute Gasteiger partial charge is 0.255 e. The highest BCUT2D eigenvalue weighted by atomic mass is 16.2. The van der Waals surface area contributed by atoms with Gasteiger partial charge < -0.3 is 14.3 Å². The molecule has 1 aromatic carbocycles. The third-order valence-corrected chi connectivity index (χ3v) is 6.12. The van der Waals surface area contributed by atoms with Gasteiger partial charge in [0.15, 0.2) is 0 Å². The van der Waals surface area contributed by atoms with Crippen molar-refractivity contribution in [2.75, 3.05) is 13.1 Å². The highest BCUT2D eigenvalue weighted by molar-refractivity contribution is 5.94. The van der Waals surface area contributed by atoms with E-state index in [4.69, 9.17) is 4.98 Å². The van der Waals surface area contributed by atoms with Crippen molar-refractivity contribution < 1.29 is 4.79 Å². The van der Waals surface area contributed by atoms with Crippen LogP contribution in [-0.4, -0.2) is 38.3 Å². The first-order valence-electron chi connectivity index (χ1n) is 10.1. The molecule has 5 rings (SSSR count). The van der Waals surface area contributed by atoms with Crippen molar-refractivity contribution in [3.63, 3.8) is 0 Å². The maximum absolute atomic E-state index is 12.9. The highest BCUT2D eigenvalue weighted by Gasteiger charge is 2.41. The average molecular weight is 398 g/mol. The lowest BCUT2D eigenvalue weighted by Gasteiger charge is -2.41. The summed E-state index contributed by atoms with van der Waals surface area (Å²) in [6.45, 7) is 1.25. The molecular weight excluding hydrogens is 376 g/mol. The van der Waals surface area contributed by atoms with Crippen LogP contribution in [0.25, 0.3) is 5.65 Å². The number of piperidine rings is 1. The summed E-state index contributed by atoms with van der Waals surface area (Å²) in [5.41, 5.74) is 3.25. The average Bonchev–Trinajstić information content (AvgIpc) is 3.25. The van der Waals surface area contributed by atoms with Gasteiger partial charge in [-0.1, -0.05) is 36.4 Å². The van der Waals surface area contributed by atoms with Gasteiger partial charge in [0.1, 0.15) is 5.65 Å². The van der Waals surface area contributed by atoms with Gasteiger partial charge >= 0.3 is 0 Å². The van der Waals surface area contributed by atoms with E-state index in [2.05, 4.69) is 39.8 Å². The molecule has 150 valence electrons. The second-order valence-electron chi connectivity index (χ2n) is 7.77. The number of benzene rings is 1. The number of aromatic amines is 1. The van der Waals surface area contributed by atoms with Crippen LogP contribution in [0.1, 0.15) is 34.5 Å². The first-order valence-corrected chi connectivity index (χ1v) is 10.1. The zero-order chi connectivity index (χ0) is 20.6. The number of carbonyl (C=O) groups is 1. The quantitative estimate of drug-likeness (QED) is 0.576. The Kier molecular flexibility index (Phi) is 4.47. The number of rotatable bonds is 3. The van der Waals surface area contributed by atoms with Crippen LogP contribution in [0.4, 0.5) is 0 Å². The lowest BCUT2D eigenvalue weighted by atomic mass is 9.70. The summed E-state index contributed by atoms with van der Waals surface area (Å²) in [4.78, 5) is 33.6. The van der Waals surface area contributed by atoms with Gasteiger partial charge in [0.05, 0.1) is 11.3 Å². The molecule has 6 heteroatoms. The molecule has 0 spiro atoms. The predicted molar refractivity (Wildman–Crippen MR) is 115 cm³/mol. The molecule has 1 aliphatic heterocycles. The Bertz CT molecular complexity index is 1200. The lowest BCUT2D eigenvalue weighted by molar-refractivity contribution is 0.0683. The van der Waals surface area contributed by atoms with Crippen molar-refractivity contribution in [3.05, 3.63) is 106 Å². The highest BCUT2D eigenvalue weighted by Crippen LogP contribution is 2.41. The van der Waals surface area contributed by atoms with Gasteiger partial charge in [-0.05, 0) is 36.6 Å². The van der Waals surface area contributed by atoms with Crippen LogP contribution in [0.2, 0.25) is 0 Å². The second kappa shape index (κ2) is 7.30. The maximum Gasteiger partial charge on any atom is 0.255 e. The van der Waals surface area contributed by atoms with Crippen LogP contribution < -0.4 is 5.56 Å². The Balaban J connectivity index is 1.48. The maximum atomic E-state index is 12.9. The first-order chi connectivity index (χ1) is 14.7. The van der Waals surface area contributed by atoms with Crippen molar-refractivity contribution in [2.45, 2.75) is 18.3 Å². The molecule has 0 aliphatic carbocycles. The Hall–Kier alpha value is -3.67. The molecule has 6 nitrogen and oxygen atoms in total. The third kappa shape index (κ3) is 3.10. The van der Waals surface area contributed by atoms with Crippen LogP contribution in [-0.2, 0) is 5.41 Å². The van der Waals surface area contributed by atoms with Crippen LogP contribution in [0.15, 0.2) is 84.0 Å². The summed E-state index contributed by atoms with van der Waals surface area (Å²) in [5.74, 6) is -0.0529. The molecule has 0 atom stereocenters. The zero-order valence-corrected chi connectivity index (χ0v) is 16.5. The summed E-state index contributed by atoms with van der Waals surface area (Å²) in [6, 6.07) is 19.4. The number of likely N-dealkylation sites (tertiary alicyclic amines) is 1. The first kappa shape index (κ1) is 18.4. The molecule has 0 saturated carbocycles. The van der Waals surface area contributed by atoms with Gasteiger partial charge in [-0.3, -0.25) is 9.59 Å². The fraction of sp³-hybridized carbons (Fsp3) is 0.208. The SMILES string of the molecule is O=C(c1ccc(=O)[nH]c1)N1CCC(c2ccccc2)(c2cn3ccccc3n2)CC1. The van der Waals surface area contributed by atoms with E-state index in [0.717, 1.165) is 24.2 Å². The van der Waals surface area contributed by atoms with Gasteiger partial charge in [0.25, 0.3) is 5.91 Å². The number of nitrogens with one attached hydrogen (secondary N) is 1. The fourth-order valence-corrected chi connectivity index (χ4v) is 4.43. The Morgan fingerprint density at radius 3 is 2.43 bits per heavy atom. The van der Waals surface area contributed by atoms with Crippen LogP contribution >= 0.6 is 0 Å². The molecule has 1 saturated heterocycles. The number of aromatic nitrogens is 3. The molecule has 3 aromatic heterocycles. The molecule has 30 heavy (non-hydrogen) atoms. The standard InChI is InChI=1S/C24H22N4O2/c29-22-10-9-18(16-25-22)23(30)27-14-11-24(12-15-27,19-6-2-1-3-7-19)20-17-28-13-5-4-8-21(28)26-20/h1-10,13,16-17H,11-12,14-15H2,(H,25,29). The zero-order valence-electron chi connectivity index (χ0n) is 16.5. The van der Waals surface area contributed by atoms with Crippen molar-refractivity contribution in [3.8, 4) is 0 Å². The third-order valence-electron chi connectivity index (χ3n) is 6.12. The topological polar surface area (TPSA) is 70.5 Å². The molecule has 0 unspecified atom stereocenters. The molecule has 4 heterocycles.